The number of ether oxygens (including phenoxy) is 1. The molecule has 0 aliphatic rings. The number of nitrogens with zero attached hydrogens (tertiary/aromatic N) is 2. The molecule has 0 aliphatic heterocycles. The van der Waals surface area contributed by atoms with E-state index in [0.717, 1.165) is 11.3 Å². The number of nitrogens with one attached hydrogen (secondary N) is 1. The molecular formula is C9H6BrCl2N3O3S2. The topological polar surface area (TPSA) is 81.2 Å². The lowest BCUT2D eigenvalue weighted by Gasteiger charge is -2.06. The van der Waals surface area contributed by atoms with Crippen molar-refractivity contribution in [1.29, 1.82) is 0 Å². The first-order valence-corrected chi connectivity index (χ1v) is 8.73. The molecule has 0 amide bonds. The van der Waals surface area contributed by atoms with Crippen LogP contribution in [-0.2, 0) is 10.0 Å². The molecule has 2 heterocycles. The van der Waals surface area contributed by atoms with Crippen molar-refractivity contribution in [2.45, 2.75) is 4.21 Å². The van der Waals surface area contributed by atoms with Gasteiger partial charge >= 0.3 is 0 Å². The molecule has 0 saturated heterocycles. The van der Waals surface area contributed by atoms with Gasteiger partial charge in [-0.3, -0.25) is 0 Å². The smallest absolute Gasteiger partial charge is 0.273 e. The van der Waals surface area contributed by atoms with Crippen molar-refractivity contribution in [3.05, 3.63) is 26.1 Å². The van der Waals surface area contributed by atoms with Gasteiger partial charge in [0.1, 0.15) is 9.36 Å². The number of halogens is 3. The lowest BCUT2D eigenvalue weighted by Crippen LogP contribution is -2.14. The number of thiophene rings is 1. The Kier molecular flexibility index (Phi) is 4.75. The van der Waals surface area contributed by atoms with Crippen molar-refractivity contribution < 1.29 is 13.2 Å². The highest BCUT2D eigenvalue weighted by Gasteiger charge is 2.21. The molecule has 2 aromatic heterocycles. The second kappa shape index (κ2) is 6.02. The van der Waals surface area contributed by atoms with Crippen LogP contribution >= 0.6 is 50.5 Å². The van der Waals surface area contributed by atoms with Crippen LogP contribution in [0.1, 0.15) is 0 Å². The van der Waals surface area contributed by atoms with Crippen LogP contribution in [0.25, 0.3) is 0 Å². The lowest BCUT2D eigenvalue weighted by atomic mass is 10.6. The Hall–Kier alpha value is -0.610. The fourth-order valence-electron chi connectivity index (χ4n) is 1.18. The Labute approximate surface area is 137 Å². The van der Waals surface area contributed by atoms with Crippen molar-refractivity contribution in [3.63, 3.8) is 0 Å². The summed E-state index contributed by atoms with van der Waals surface area (Å²) in [5.74, 6) is -0.0388. The van der Waals surface area contributed by atoms with Crippen LogP contribution in [0.2, 0.25) is 10.2 Å². The van der Waals surface area contributed by atoms with Crippen molar-refractivity contribution in [2.75, 3.05) is 11.8 Å². The predicted molar refractivity (Wildman–Crippen MR) is 81.4 cm³/mol. The van der Waals surface area contributed by atoms with E-state index >= 15 is 0 Å². The van der Waals surface area contributed by atoms with Crippen LogP contribution in [0.5, 0.6) is 5.88 Å². The van der Waals surface area contributed by atoms with Gasteiger partial charge in [-0.2, -0.15) is 4.98 Å². The molecule has 2 rings (SSSR count). The number of methoxy groups -OCH3 is 1. The summed E-state index contributed by atoms with van der Waals surface area (Å²) >= 11 is 15.7. The summed E-state index contributed by atoms with van der Waals surface area (Å²) in [7, 11) is -2.46. The first kappa shape index (κ1) is 15.8. The van der Waals surface area contributed by atoms with E-state index in [1.807, 2.05) is 0 Å². The maximum Gasteiger partial charge on any atom is 0.273 e. The Morgan fingerprint density at radius 2 is 2.05 bits per heavy atom. The second-order valence-corrected chi connectivity index (χ2v) is 8.42. The first-order chi connectivity index (χ1) is 9.31. The van der Waals surface area contributed by atoms with E-state index in [0.29, 0.717) is 8.81 Å². The maximum atomic E-state index is 12.1. The van der Waals surface area contributed by atoms with Gasteiger partial charge in [0.25, 0.3) is 10.0 Å². The minimum atomic E-state index is -3.84. The molecule has 0 aromatic carbocycles. The quantitative estimate of drug-likeness (QED) is 0.769. The third-order valence-electron chi connectivity index (χ3n) is 1.99. The standard InChI is InChI=1S/C9H6BrCl2N3O3S2/c1-18-6-3-5(12)13-9(14-6)15-20(16,17)7-2-4(11)8(10)19-7/h2-3H,1H3,(H,13,14,15). The third kappa shape index (κ3) is 3.53. The van der Waals surface area contributed by atoms with Crippen LogP contribution in [0.3, 0.4) is 0 Å². The van der Waals surface area contributed by atoms with Gasteiger partial charge in [0, 0.05) is 6.07 Å². The van der Waals surface area contributed by atoms with Gasteiger partial charge in [-0.25, -0.2) is 18.1 Å². The first-order valence-electron chi connectivity index (χ1n) is 4.88. The molecule has 1 N–H and O–H groups in total. The van der Waals surface area contributed by atoms with Crippen molar-refractivity contribution in [1.82, 2.24) is 9.97 Å². The van der Waals surface area contributed by atoms with Crippen LogP contribution in [0.4, 0.5) is 5.95 Å². The third-order valence-corrected chi connectivity index (χ3v) is 6.46. The molecule has 0 atom stereocenters. The van der Waals surface area contributed by atoms with E-state index in [1.54, 1.807) is 0 Å². The Morgan fingerprint density at radius 3 is 2.60 bits per heavy atom. The average molecular weight is 419 g/mol. The number of rotatable bonds is 4. The Morgan fingerprint density at radius 1 is 1.35 bits per heavy atom. The SMILES string of the molecule is COc1cc(Cl)nc(NS(=O)(=O)c2cc(Cl)c(Br)s2)n1. The normalized spacial score (nSPS) is 11.4. The van der Waals surface area contributed by atoms with E-state index in [2.05, 4.69) is 30.6 Å². The van der Waals surface area contributed by atoms with Gasteiger partial charge in [0.2, 0.25) is 11.8 Å². The zero-order chi connectivity index (χ0) is 14.9. The van der Waals surface area contributed by atoms with Crippen molar-refractivity contribution in [2.24, 2.45) is 0 Å². The summed E-state index contributed by atoms with van der Waals surface area (Å²) in [5, 5.41) is 0.361. The summed E-state index contributed by atoms with van der Waals surface area (Å²) < 4.78 is 31.9. The largest absolute Gasteiger partial charge is 0.481 e. The molecule has 6 nitrogen and oxygen atoms in total. The highest BCUT2D eigenvalue weighted by atomic mass is 79.9. The maximum absolute atomic E-state index is 12.1. The number of sulfonamides is 1. The molecule has 0 aliphatic carbocycles. The molecule has 0 fully saturated rings. The van der Waals surface area contributed by atoms with Gasteiger partial charge in [0.15, 0.2) is 0 Å². The van der Waals surface area contributed by atoms with E-state index in [4.69, 9.17) is 27.9 Å². The number of hydrogen-bond donors (Lipinski definition) is 1. The highest BCUT2D eigenvalue weighted by Crippen LogP contribution is 2.35. The Bertz CT molecular complexity index is 731. The number of aromatic nitrogens is 2. The fraction of sp³-hybridized carbons (Fsp3) is 0.111. The van der Waals surface area contributed by atoms with Crippen molar-refractivity contribution in [3.8, 4) is 5.88 Å². The molecule has 11 heteroatoms. The van der Waals surface area contributed by atoms with Gasteiger partial charge < -0.3 is 4.74 Å². The number of anilines is 1. The van der Waals surface area contributed by atoms with Gasteiger partial charge in [-0.1, -0.05) is 23.2 Å². The summed E-state index contributed by atoms with van der Waals surface area (Å²) in [4.78, 5) is 7.61. The molecule has 2 aromatic rings. The van der Waals surface area contributed by atoms with E-state index in [1.165, 1.54) is 19.2 Å². The van der Waals surface area contributed by atoms with Crippen LogP contribution in [-0.4, -0.2) is 25.5 Å². The summed E-state index contributed by atoms with van der Waals surface area (Å²) in [6, 6.07) is 2.68. The van der Waals surface area contributed by atoms with Gasteiger partial charge in [-0.05, 0) is 22.0 Å². The van der Waals surface area contributed by atoms with Crippen LogP contribution in [0, 0.1) is 0 Å². The fourth-order valence-corrected chi connectivity index (χ4v) is 4.69. The summed E-state index contributed by atoms with van der Waals surface area (Å²) in [6.45, 7) is 0. The molecule has 0 unspecified atom stereocenters. The molecule has 108 valence electrons. The number of hydrogen-bond acceptors (Lipinski definition) is 6. The molecule has 0 radical (unpaired) electrons. The molecular weight excluding hydrogens is 413 g/mol. The average Bonchev–Trinajstić information content (AvgIpc) is 2.69. The molecule has 0 spiro atoms. The molecule has 20 heavy (non-hydrogen) atoms. The molecule has 0 saturated carbocycles. The summed E-state index contributed by atoms with van der Waals surface area (Å²) in [6.07, 6.45) is 0. The van der Waals surface area contributed by atoms with Gasteiger partial charge in [0.05, 0.1) is 15.9 Å². The predicted octanol–water partition coefficient (Wildman–Crippen LogP) is 3.42. The van der Waals surface area contributed by atoms with Crippen LogP contribution < -0.4 is 9.46 Å². The van der Waals surface area contributed by atoms with E-state index in [9.17, 15) is 8.42 Å². The van der Waals surface area contributed by atoms with E-state index in [-0.39, 0.29) is 21.2 Å². The lowest BCUT2D eigenvalue weighted by molar-refractivity contribution is 0.397. The second-order valence-electron chi connectivity index (χ2n) is 3.35. The van der Waals surface area contributed by atoms with Crippen molar-refractivity contribution >= 4 is 66.4 Å². The minimum absolute atomic E-state index is 0.0249. The van der Waals surface area contributed by atoms with Crippen LogP contribution in [0.15, 0.2) is 20.1 Å². The monoisotopic (exact) mass is 417 g/mol. The molecule has 0 bridgehead atoms. The van der Waals surface area contributed by atoms with Gasteiger partial charge in [-0.15, -0.1) is 11.3 Å². The van der Waals surface area contributed by atoms with E-state index < -0.39 is 10.0 Å². The zero-order valence-corrected chi connectivity index (χ0v) is 14.5. The minimum Gasteiger partial charge on any atom is -0.481 e. The Balaban J connectivity index is 2.35. The summed E-state index contributed by atoms with van der Waals surface area (Å²) in [5.41, 5.74) is 0. The zero-order valence-electron chi connectivity index (χ0n) is 9.72. The highest BCUT2D eigenvalue weighted by molar-refractivity contribution is 9.11.